The van der Waals surface area contributed by atoms with Gasteiger partial charge in [0.05, 0.1) is 35.2 Å². The lowest BCUT2D eigenvalue weighted by atomic mass is 10.1. The number of para-hydroxylation sites is 1. The Morgan fingerprint density at radius 3 is 2.50 bits per heavy atom. The molecule has 0 saturated heterocycles. The second kappa shape index (κ2) is 10.5. The Balaban J connectivity index is 1.58. The molecule has 0 bridgehead atoms. The lowest BCUT2D eigenvalue weighted by Gasteiger charge is -2.13. The van der Waals surface area contributed by atoms with Gasteiger partial charge < -0.3 is 4.74 Å². The fraction of sp³-hybridized carbons (Fsp3) is 0.120. The molecular weight excluding hydrogens is 472 g/mol. The van der Waals surface area contributed by atoms with E-state index in [1.165, 1.54) is 4.57 Å². The van der Waals surface area contributed by atoms with E-state index in [0.717, 1.165) is 17.3 Å². The van der Waals surface area contributed by atoms with Crippen molar-refractivity contribution in [1.82, 2.24) is 15.0 Å². The summed E-state index contributed by atoms with van der Waals surface area (Å²) < 4.78 is 6.72. The summed E-state index contributed by atoms with van der Waals surface area (Å²) in [5.41, 5.74) is 5.03. The molecule has 1 N–H and O–H groups in total. The Hall–Kier alpha value is -3.62. The van der Waals surface area contributed by atoms with Gasteiger partial charge in [0.25, 0.3) is 11.5 Å². The van der Waals surface area contributed by atoms with E-state index < -0.39 is 0 Å². The van der Waals surface area contributed by atoms with Crippen molar-refractivity contribution in [2.45, 2.75) is 12.1 Å². The number of benzene rings is 3. The number of hydrogen-bond donors (Lipinski definition) is 1. The summed E-state index contributed by atoms with van der Waals surface area (Å²) in [5.74, 6) is 0.383. The first kappa shape index (κ1) is 23.5. The fourth-order valence-electron chi connectivity index (χ4n) is 3.23. The van der Waals surface area contributed by atoms with Crippen LogP contribution in [0.4, 0.5) is 0 Å². The van der Waals surface area contributed by atoms with Gasteiger partial charge in [-0.2, -0.15) is 5.10 Å². The quantitative estimate of drug-likeness (QED) is 0.175. The Morgan fingerprint density at radius 1 is 1.09 bits per heavy atom. The van der Waals surface area contributed by atoms with Gasteiger partial charge in [-0.05, 0) is 61.0 Å². The molecule has 1 amide bonds. The molecular formula is C25H21ClN4O3S. The number of amides is 1. The van der Waals surface area contributed by atoms with Crippen LogP contribution in [0, 0.1) is 0 Å². The van der Waals surface area contributed by atoms with Gasteiger partial charge in [0.15, 0.2) is 5.16 Å². The molecule has 0 aliphatic heterocycles. The highest BCUT2D eigenvalue weighted by atomic mass is 35.5. The average Bonchev–Trinajstić information content (AvgIpc) is 2.86. The van der Waals surface area contributed by atoms with Gasteiger partial charge in [0.2, 0.25) is 0 Å². The zero-order valence-corrected chi connectivity index (χ0v) is 20.1. The third-order valence-electron chi connectivity index (χ3n) is 5.02. The molecule has 7 nitrogen and oxygen atoms in total. The number of nitrogens with zero attached hydrogens (tertiary/aromatic N) is 3. The largest absolute Gasteiger partial charge is 0.497 e. The Labute approximate surface area is 205 Å². The van der Waals surface area contributed by atoms with Crippen LogP contribution in [0.25, 0.3) is 16.6 Å². The summed E-state index contributed by atoms with van der Waals surface area (Å²) in [6.45, 7) is 1.79. The number of rotatable bonds is 7. The normalized spacial score (nSPS) is 11.4. The van der Waals surface area contributed by atoms with Gasteiger partial charge in [-0.15, -0.1) is 0 Å². The molecule has 172 valence electrons. The third kappa shape index (κ3) is 5.30. The molecule has 0 aliphatic rings. The van der Waals surface area contributed by atoms with Crippen molar-refractivity contribution < 1.29 is 9.53 Å². The zero-order valence-electron chi connectivity index (χ0n) is 18.5. The SMILES string of the molecule is COc1ccc(-n2c(SCC(=O)NN=C(C)c3ccc(Cl)cc3)nc3ccccc3c2=O)cc1. The maximum Gasteiger partial charge on any atom is 0.266 e. The summed E-state index contributed by atoms with van der Waals surface area (Å²) in [6.07, 6.45) is 0. The minimum absolute atomic E-state index is 0.0261. The third-order valence-corrected chi connectivity index (χ3v) is 6.21. The molecule has 0 atom stereocenters. The van der Waals surface area contributed by atoms with Crippen LogP contribution in [0.15, 0.2) is 87.8 Å². The van der Waals surface area contributed by atoms with E-state index >= 15 is 0 Å². The van der Waals surface area contributed by atoms with Crippen LogP contribution in [0.3, 0.4) is 0 Å². The standard InChI is InChI=1S/C25H21ClN4O3S/c1-16(17-7-9-18(26)10-8-17)28-29-23(31)15-34-25-27-22-6-4-3-5-21(22)24(32)30(25)19-11-13-20(33-2)14-12-19/h3-14H,15H2,1-2H3,(H,29,31). The first-order valence-electron chi connectivity index (χ1n) is 10.3. The lowest BCUT2D eigenvalue weighted by Crippen LogP contribution is -2.24. The van der Waals surface area contributed by atoms with Gasteiger partial charge in [-0.3, -0.25) is 14.2 Å². The van der Waals surface area contributed by atoms with Crippen LogP contribution in [0.1, 0.15) is 12.5 Å². The highest BCUT2D eigenvalue weighted by Gasteiger charge is 2.15. The number of fused-ring (bicyclic) bond motifs is 1. The van der Waals surface area contributed by atoms with E-state index in [9.17, 15) is 9.59 Å². The van der Waals surface area contributed by atoms with Gasteiger partial charge in [0.1, 0.15) is 5.75 Å². The van der Waals surface area contributed by atoms with Crippen molar-refractivity contribution in [1.29, 1.82) is 0 Å². The number of hydrazone groups is 1. The number of aromatic nitrogens is 2. The molecule has 4 aromatic rings. The van der Waals surface area contributed by atoms with E-state index in [-0.39, 0.29) is 17.2 Å². The fourth-order valence-corrected chi connectivity index (χ4v) is 4.16. The Kier molecular flexibility index (Phi) is 7.30. The van der Waals surface area contributed by atoms with Crippen LogP contribution in [-0.4, -0.2) is 34.0 Å². The van der Waals surface area contributed by atoms with Gasteiger partial charge >= 0.3 is 0 Å². The summed E-state index contributed by atoms with van der Waals surface area (Å²) >= 11 is 7.07. The van der Waals surface area contributed by atoms with Gasteiger partial charge in [-0.25, -0.2) is 10.4 Å². The molecule has 34 heavy (non-hydrogen) atoms. The topological polar surface area (TPSA) is 85.6 Å². The molecule has 0 radical (unpaired) electrons. The molecule has 0 fully saturated rings. The Bertz CT molecular complexity index is 1420. The van der Waals surface area contributed by atoms with Crippen molar-refractivity contribution in [3.05, 3.63) is 93.7 Å². The summed E-state index contributed by atoms with van der Waals surface area (Å²) in [4.78, 5) is 30.4. The zero-order chi connectivity index (χ0) is 24.1. The van der Waals surface area contributed by atoms with E-state index in [4.69, 9.17) is 16.3 Å². The van der Waals surface area contributed by atoms with Crippen molar-refractivity contribution in [2.75, 3.05) is 12.9 Å². The summed E-state index contributed by atoms with van der Waals surface area (Å²) in [6, 6.07) is 21.4. The molecule has 1 heterocycles. The number of carbonyl (C=O) groups excluding carboxylic acids is 1. The molecule has 1 aromatic heterocycles. The van der Waals surface area contributed by atoms with Crippen LogP contribution >= 0.6 is 23.4 Å². The highest BCUT2D eigenvalue weighted by molar-refractivity contribution is 7.99. The van der Waals surface area contributed by atoms with E-state index in [1.807, 2.05) is 18.2 Å². The van der Waals surface area contributed by atoms with Crippen LogP contribution in [-0.2, 0) is 4.79 Å². The first-order valence-corrected chi connectivity index (χ1v) is 11.7. The monoisotopic (exact) mass is 492 g/mol. The van der Waals surface area contributed by atoms with E-state index in [0.29, 0.717) is 38.2 Å². The van der Waals surface area contributed by atoms with Crippen LogP contribution < -0.4 is 15.7 Å². The minimum atomic E-state index is -0.318. The minimum Gasteiger partial charge on any atom is -0.497 e. The second-order valence-corrected chi connectivity index (χ2v) is 8.66. The van der Waals surface area contributed by atoms with E-state index in [1.54, 1.807) is 68.6 Å². The van der Waals surface area contributed by atoms with Crippen LogP contribution in [0.5, 0.6) is 5.75 Å². The number of ether oxygens (including phenoxy) is 1. The number of methoxy groups -OCH3 is 1. The second-order valence-electron chi connectivity index (χ2n) is 7.28. The lowest BCUT2D eigenvalue weighted by molar-refractivity contribution is -0.118. The predicted molar refractivity (Wildman–Crippen MR) is 136 cm³/mol. The molecule has 0 unspecified atom stereocenters. The molecule has 0 aliphatic carbocycles. The van der Waals surface area contributed by atoms with Gasteiger partial charge in [0, 0.05) is 5.02 Å². The average molecular weight is 493 g/mol. The van der Waals surface area contributed by atoms with E-state index in [2.05, 4.69) is 15.5 Å². The van der Waals surface area contributed by atoms with Gasteiger partial charge in [-0.1, -0.05) is 47.6 Å². The first-order chi connectivity index (χ1) is 16.5. The number of thioether (sulfide) groups is 1. The Morgan fingerprint density at radius 2 is 1.79 bits per heavy atom. The maximum atomic E-state index is 13.3. The highest BCUT2D eigenvalue weighted by Crippen LogP contribution is 2.22. The number of nitrogens with one attached hydrogen (secondary N) is 1. The maximum absolute atomic E-state index is 13.3. The molecule has 9 heteroatoms. The van der Waals surface area contributed by atoms with Crippen molar-refractivity contribution in [3.8, 4) is 11.4 Å². The number of hydrogen-bond acceptors (Lipinski definition) is 6. The predicted octanol–water partition coefficient (Wildman–Crippen LogP) is 4.68. The van der Waals surface area contributed by atoms with Crippen molar-refractivity contribution in [2.24, 2.45) is 5.10 Å². The summed E-state index contributed by atoms with van der Waals surface area (Å²) in [7, 11) is 1.58. The molecule has 0 saturated carbocycles. The van der Waals surface area contributed by atoms with Crippen molar-refractivity contribution in [3.63, 3.8) is 0 Å². The number of carbonyl (C=O) groups is 1. The molecule has 4 rings (SSSR count). The smallest absolute Gasteiger partial charge is 0.266 e. The van der Waals surface area contributed by atoms with Crippen LogP contribution in [0.2, 0.25) is 5.02 Å². The number of halogens is 1. The molecule has 0 spiro atoms. The van der Waals surface area contributed by atoms with Crippen molar-refractivity contribution >= 4 is 45.9 Å². The molecule has 3 aromatic carbocycles. The summed E-state index contributed by atoms with van der Waals surface area (Å²) in [5, 5.41) is 5.69.